The van der Waals surface area contributed by atoms with E-state index in [4.69, 9.17) is 23.2 Å². The molecule has 3 aromatic rings. The van der Waals surface area contributed by atoms with Crippen molar-refractivity contribution in [3.63, 3.8) is 0 Å². The molecule has 0 fully saturated rings. The molecular formula is C20H16Cl2N2O2S. The highest BCUT2D eigenvalue weighted by atomic mass is 35.5. The Morgan fingerprint density at radius 2 is 1.67 bits per heavy atom. The smallest absolute Gasteiger partial charge is 0.255 e. The molecule has 1 heterocycles. The van der Waals surface area contributed by atoms with Crippen LogP contribution in [0, 0.1) is 0 Å². The normalized spacial score (nSPS) is 10.4. The van der Waals surface area contributed by atoms with E-state index in [0.717, 1.165) is 10.4 Å². The molecule has 1 aromatic heterocycles. The summed E-state index contributed by atoms with van der Waals surface area (Å²) in [6, 6.07) is 15.7. The molecule has 0 unspecified atom stereocenters. The lowest BCUT2D eigenvalue weighted by Gasteiger charge is -2.08. The molecule has 0 spiro atoms. The second kappa shape index (κ2) is 9.04. The van der Waals surface area contributed by atoms with Crippen molar-refractivity contribution in [3.8, 4) is 0 Å². The Morgan fingerprint density at radius 3 is 2.30 bits per heavy atom. The Bertz CT molecular complexity index is 921. The van der Waals surface area contributed by atoms with Crippen LogP contribution in [0.3, 0.4) is 0 Å². The van der Waals surface area contributed by atoms with Gasteiger partial charge in [0.15, 0.2) is 0 Å². The summed E-state index contributed by atoms with van der Waals surface area (Å²) in [5.74, 6) is -0.352. The number of rotatable bonds is 6. The van der Waals surface area contributed by atoms with Crippen LogP contribution in [0.25, 0.3) is 0 Å². The first-order chi connectivity index (χ1) is 13.0. The van der Waals surface area contributed by atoms with Gasteiger partial charge in [-0.1, -0.05) is 41.4 Å². The molecular weight excluding hydrogens is 403 g/mol. The Balaban J connectivity index is 1.55. The molecule has 27 heavy (non-hydrogen) atoms. The van der Waals surface area contributed by atoms with Gasteiger partial charge in [0, 0.05) is 26.2 Å². The number of nitrogens with one attached hydrogen (secondary N) is 2. The Morgan fingerprint density at radius 1 is 0.963 bits per heavy atom. The largest absolute Gasteiger partial charge is 0.351 e. The van der Waals surface area contributed by atoms with Gasteiger partial charge in [-0.2, -0.15) is 0 Å². The summed E-state index contributed by atoms with van der Waals surface area (Å²) >= 11 is 13.5. The van der Waals surface area contributed by atoms with Gasteiger partial charge in [-0.3, -0.25) is 9.59 Å². The van der Waals surface area contributed by atoms with Crippen LogP contribution >= 0.6 is 34.5 Å². The molecule has 0 aliphatic carbocycles. The maximum Gasteiger partial charge on any atom is 0.255 e. The molecule has 0 atom stereocenters. The highest BCUT2D eigenvalue weighted by molar-refractivity contribution is 7.09. The summed E-state index contributed by atoms with van der Waals surface area (Å²) in [7, 11) is 0. The molecule has 0 saturated carbocycles. The fraction of sp³-hybridized carbons (Fsp3) is 0.100. The minimum atomic E-state index is -0.305. The molecule has 0 aliphatic heterocycles. The van der Waals surface area contributed by atoms with Crippen LogP contribution in [-0.4, -0.2) is 11.8 Å². The summed E-state index contributed by atoms with van der Waals surface area (Å²) in [6.07, 6.45) is 0.281. The lowest BCUT2D eigenvalue weighted by Crippen LogP contribution is -2.24. The van der Waals surface area contributed by atoms with Crippen LogP contribution < -0.4 is 10.6 Å². The fourth-order valence-corrected chi connectivity index (χ4v) is 3.61. The molecule has 2 N–H and O–H groups in total. The van der Waals surface area contributed by atoms with Crippen molar-refractivity contribution < 1.29 is 9.59 Å². The van der Waals surface area contributed by atoms with Crippen molar-refractivity contribution in [1.29, 1.82) is 0 Å². The van der Waals surface area contributed by atoms with E-state index >= 15 is 0 Å². The summed E-state index contributed by atoms with van der Waals surface area (Å²) in [4.78, 5) is 25.4. The molecule has 0 bridgehead atoms. The summed E-state index contributed by atoms with van der Waals surface area (Å²) < 4.78 is 0. The van der Waals surface area contributed by atoms with Gasteiger partial charge < -0.3 is 10.6 Å². The number of anilines is 1. The van der Waals surface area contributed by atoms with Crippen LogP contribution in [0.1, 0.15) is 20.8 Å². The average molecular weight is 419 g/mol. The number of carbonyl (C=O) groups is 2. The van der Waals surface area contributed by atoms with Crippen molar-refractivity contribution >= 4 is 52.0 Å². The van der Waals surface area contributed by atoms with E-state index in [9.17, 15) is 9.59 Å². The second-order valence-corrected chi connectivity index (χ2v) is 7.75. The predicted octanol–water partition coefficient (Wildman–Crippen LogP) is 5.17. The molecule has 138 valence electrons. The van der Waals surface area contributed by atoms with Gasteiger partial charge in [-0.15, -0.1) is 11.3 Å². The zero-order valence-electron chi connectivity index (χ0n) is 14.2. The van der Waals surface area contributed by atoms with Crippen LogP contribution in [0.2, 0.25) is 10.0 Å². The van der Waals surface area contributed by atoms with Crippen LogP contribution in [0.15, 0.2) is 60.0 Å². The van der Waals surface area contributed by atoms with Gasteiger partial charge in [0.2, 0.25) is 5.91 Å². The third-order valence-corrected chi connectivity index (χ3v) is 5.05. The first-order valence-electron chi connectivity index (χ1n) is 8.15. The average Bonchev–Trinajstić information content (AvgIpc) is 3.14. The first kappa shape index (κ1) is 19.4. The van der Waals surface area contributed by atoms with E-state index < -0.39 is 0 Å². The van der Waals surface area contributed by atoms with Crippen LogP contribution in [0.5, 0.6) is 0 Å². The Hall–Kier alpha value is -2.34. The van der Waals surface area contributed by atoms with Crippen molar-refractivity contribution in [1.82, 2.24) is 5.32 Å². The number of thiophene rings is 1. The number of hydrogen-bond acceptors (Lipinski definition) is 3. The topological polar surface area (TPSA) is 58.2 Å². The lowest BCUT2D eigenvalue weighted by atomic mass is 10.1. The maximum absolute atomic E-state index is 12.3. The molecule has 0 saturated heterocycles. The number of halogens is 2. The fourth-order valence-electron chi connectivity index (χ4n) is 2.44. The van der Waals surface area contributed by atoms with E-state index in [0.29, 0.717) is 27.8 Å². The predicted molar refractivity (Wildman–Crippen MR) is 111 cm³/mol. The van der Waals surface area contributed by atoms with Crippen LogP contribution in [0.4, 0.5) is 5.69 Å². The molecule has 2 aromatic carbocycles. The monoisotopic (exact) mass is 418 g/mol. The van der Waals surface area contributed by atoms with Crippen molar-refractivity contribution in [2.75, 3.05) is 5.32 Å². The lowest BCUT2D eigenvalue weighted by molar-refractivity contribution is -0.120. The minimum Gasteiger partial charge on any atom is -0.351 e. The first-order valence-corrected chi connectivity index (χ1v) is 9.78. The van der Waals surface area contributed by atoms with E-state index in [1.165, 1.54) is 0 Å². The second-order valence-electron chi connectivity index (χ2n) is 5.84. The zero-order valence-corrected chi connectivity index (χ0v) is 16.5. The van der Waals surface area contributed by atoms with Crippen molar-refractivity contribution in [3.05, 3.63) is 86.0 Å². The molecule has 4 nitrogen and oxygen atoms in total. The maximum atomic E-state index is 12.3. The van der Waals surface area contributed by atoms with E-state index in [2.05, 4.69) is 10.6 Å². The van der Waals surface area contributed by atoms with Crippen LogP contribution in [-0.2, 0) is 17.8 Å². The highest BCUT2D eigenvalue weighted by Gasteiger charge is 2.09. The number of carbonyl (C=O) groups excluding carboxylic acids is 2. The van der Waals surface area contributed by atoms with E-state index in [1.54, 1.807) is 41.7 Å². The van der Waals surface area contributed by atoms with Crippen molar-refractivity contribution in [2.45, 2.75) is 13.0 Å². The molecule has 0 aliphatic rings. The molecule has 3 rings (SSSR count). The molecule has 0 radical (unpaired) electrons. The Labute approximate surface area is 171 Å². The SMILES string of the molecule is O=C(Cc1ccc(NC(=O)c2cc(Cl)cc(Cl)c2)cc1)NCc1cccs1. The quantitative estimate of drug-likeness (QED) is 0.580. The third kappa shape index (κ3) is 5.82. The van der Waals surface area contributed by atoms with E-state index in [-0.39, 0.29) is 18.2 Å². The van der Waals surface area contributed by atoms with Gasteiger partial charge in [0.1, 0.15) is 0 Å². The number of hydrogen-bond donors (Lipinski definition) is 2. The van der Waals surface area contributed by atoms with Gasteiger partial charge in [0.05, 0.1) is 13.0 Å². The molecule has 2 amide bonds. The van der Waals surface area contributed by atoms with Gasteiger partial charge in [-0.25, -0.2) is 0 Å². The zero-order chi connectivity index (χ0) is 19.2. The number of amides is 2. The third-order valence-electron chi connectivity index (χ3n) is 3.74. The summed E-state index contributed by atoms with van der Waals surface area (Å²) in [5, 5.41) is 8.45. The van der Waals surface area contributed by atoms with Crippen molar-refractivity contribution in [2.24, 2.45) is 0 Å². The minimum absolute atomic E-state index is 0.0474. The van der Waals surface area contributed by atoms with Gasteiger partial charge in [-0.05, 0) is 47.3 Å². The van der Waals surface area contributed by atoms with Gasteiger partial charge >= 0.3 is 0 Å². The molecule has 7 heteroatoms. The Kier molecular flexibility index (Phi) is 6.50. The highest BCUT2D eigenvalue weighted by Crippen LogP contribution is 2.20. The summed E-state index contributed by atoms with van der Waals surface area (Å²) in [6.45, 7) is 0.535. The summed E-state index contributed by atoms with van der Waals surface area (Å²) in [5.41, 5.74) is 1.87. The van der Waals surface area contributed by atoms with E-state index in [1.807, 2.05) is 29.6 Å². The standard InChI is InChI=1S/C20H16Cl2N2O2S/c21-15-9-14(10-16(22)11-15)20(26)24-17-5-3-13(4-6-17)8-19(25)23-12-18-2-1-7-27-18/h1-7,9-11H,8,12H2,(H,23,25)(H,24,26). The number of benzene rings is 2. The van der Waals surface area contributed by atoms with Gasteiger partial charge in [0.25, 0.3) is 5.91 Å².